The Hall–Kier alpha value is -2.12. The van der Waals surface area contributed by atoms with Crippen LogP contribution in [0, 0.1) is 0 Å². The lowest BCUT2D eigenvalue weighted by Crippen LogP contribution is -2.50. The van der Waals surface area contributed by atoms with E-state index in [4.69, 9.17) is 14.2 Å². The lowest BCUT2D eigenvalue weighted by Gasteiger charge is -2.36. The van der Waals surface area contributed by atoms with Crippen molar-refractivity contribution in [2.45, 2.75) is 233 Å². The van der Waals surface area contributed by atoms with Crippen LogP contribution in [0.15, 0.2) is 0 Å². The van der Waals surface area contributed by atoms with E-state index in [1.165, 1.54) is 77.0 Å². The van der Waals surface area contributed by atoms with Crippen molar-refractivity contribution in [3.05, 3.63) is 0 Å². The van der Waals surface area contributed by atoms with E-state index < -0.39 is 40.2 Å². The molecule has 8 heteroatoms. The van der Waals surface area contributed by atoms with E-state index in [9.17, 15) is 19.2 Å². The van der Waals surface area contributed by atoms with Crippen molar-refractivity contribution in [2.24, 2.45) is 0 Å². The quantitative estimate of drug-likeness (QED) is 0.0550. The SMILES string of the molecule is CCCCCCCCCCCCCCCCCC(=O)NC(CCC(=O)OC(C)(C)C)(CCC(=O)OC(C)(C)C)CCC(=O)OC(C)(C)C. The molecule has 0 aliphatic heterocycles. The van der Waals surface area contributed by atoms with Crippen LogP contribution in [0.3, 0.4) is 0 Å². The Morgan fingerprint density at radius 2 is 0.688 bits per heavy atom. The minimum Gasteiger partial charge on any atom is -0.460 e. The maximum Gasteiger partial charge on any atom is 0.306 e. The fourth-order valence-corrected chi connectivity index (χ4v) is 5.78. The van der Waals surface area contributed by atoms with Gasteiger partial charge in [-0.2, -0.15) is 0 Å². The van der Waals surface area contributed by atoms with Gasteiger partial charge in [-0.3, -0.25) is 19.2 Å². The number of esters is 3. The summed E-state index contributed by atoms with van der Waals surface area (Å²) in [5, 5.41) is 3.17. The third kappa shape index (κ3) is 28.9. The van der Waals surface area contributed by atoms with E-state index in [-0.39, 0.29) is 44.4 Å². The molecule has 0 fully saturated rings. The standard InChI is InChI=1S/C40H75NO7/c1-11-12-13-14-15-16-17-18-19-20-21-22-23-24-25-26-33(42)41-40(30-27-34(43)46-37(2,3)4,31-28-35(44)47-38(5,6)7)32-29-36(45)48-39(8,9)10/h11-32H2,1-10H3,(H,41,42). The molecule has 0 aromatic rings. The largest absolute Gasteiger partial charge is 0.460 e. The van der Waals surface area contributed by atoms with Crippen molar-refractivity contribution in [2.75, 3.05) is 0 Å². The van der Waals surface area contributed by atoms with Crippen LogP contribution in [0.2, 0.25) is 0 Å². The molecule has 0 atom stereocenters. The van der Waals surface area contributed by atoms with Crippen LogP contribution in [-0.4, -0.2) is 46.2 Å². The average molecular weight is 682 g/mol. The maximum atomic E-state index is 13.4. The number of amides is 1. The third-order valence-electron chi connectivity index (χ3n) is 8.10. The first-order chi connectivity index (χ1) is 22.3. The van der Waals surface area contributed by atoms with Gasteiger partial charge in [-0.1, -0.05) is 96.8 Å². The monoisotopic (exact) mass is 682 g/mol. The van der Waals surface area contributed by atoms with E-state index in [2.05, 4.69) is 12.2 Å². The number of ether oxygens (including phenoxy) is 3. The van der Waals surface area contributed by atoms with Crippen LogP contribution >= 0.6 is 0 Å². The fourth-order valence-electron chi connectivity index (χ4n) is 5.78. The molecule has 282 valence electrons. The van der Waals surface area contributed by atoms with Gasteiger partial charge in [0.2, 0.25) is 5.91 Å². The molecule has 8 nitrogen and oxygen atoms in total. The van der Waals surface area contributed by atoms with Gasteiger partial charge in [-0.15, -0.1) is 0 Å². The molecule has 0 bridgehead atoms. The van der Waals surface area contributed by atoms with Gasteiger partial charge in [0.25, 0.3) is 0 Å². The molecule has 0 aromatic heterocycles. The highest BCUT2D eigenvalue weighted by atomic mass is 16.6. The summed E-state index contributed by atoms with van der Waals surface area (Å²) in [6.45, 7) is 18.5. The Labute approximate surface area is 295 Å². The molecule has 0 saturated heterocycles. The topological polar surface area (TPSA) is 108 Å². The van der Waals surface area contributed by atoms with Crippen molar-refractivity contribution in [3.8, 4) is 0 Å². The molecular formula is C40H75NO7. The summed E-state index contributed by atoms with van der Waals surface area (Å²) in [6.07, 6.45) is 19.9. The summed E-state index contributed by atoms with van der Waals surface area (Å²) in [5.74, 6) is -1.31. The van der Waals surface area contributed by atoms with Gasteiger partial charge in [0.1, 0.15) is 16.8 Å². The maximum absolute atomic E-state index is 13.4. The number of nitrogens with one attached hydrogen (secondary N) is 1. The first-order valence-corrected chi connectivity index (χ1v) is 19.2. The second kappa shape index (κ2) is 24.1. The predicted octanol–water partition coefficient (Wildman–Crippen LogP) is 10.5. The van der Waals surface area contributed by atoms with Crippen LogP contribution < -0.4 is 5.32 Å². The Morgan fingerprint density at radius 3 is 0.958 bits per heavy atom. The smallest absolute Gasteiger partial charge is 0.306 e. The van der Waals surface area contributed by atoms with Crippen LogP contribution in [0.4, 0.5) is 0 Å². The summed E-state index contributed by atoms with van der Waals surface area (Å²) in [6, 6.07) is 0. The van der Waals surface area contributed by atoms with Gasteiger partial charge in [0.05, 0.1) is 0 Å². The average Bonchev–Trinajstić information content (AvgIpc) is 2.93. The van der Waals surface area contributed by atoms with Crippen molar-refractivity contribution in [3.63, 3.8) is 0 Å². The van der Waals surface area contributed by atoms with E-state index >= 15 is 0 Å². The molecule has 0 rings (SSSR count). The minimum atomic E-state index is -0.975. The van der Waals surface area contributed by atoms with Gasteiger partial charge in [-0.25, -0.2) is 0 Å². The van der Waals surface area contributed by atoms with Crippen molar-refractivity contribution >= 4 is 23.8 Å². The second-order valence-electron chi connectivity index (χ2n) is 16.8. The molecule has 0 aliphatic rings. The second-order valence-corrected chi connectivity index (χ2v) is 16.8. The summed E-state index contributed by atoms with van der Waals surface area (Å²) in [7, 11) is 0. The number of unbranched alkanes of at least 4 members (excludes halogenated alkanes) is 14. The van der Waals surface area contributed by atoms with E-state index in [1.54, 1.807) is 0 Å². The Morgan fingerprint density at radius 1 is 0.417 bits per heavy atom. The molecular weight excluding hydrogens is 606 g/mol. The predicted molar refractivity (Wildman–Crippen MR) is 196 cm³/mol. The van der Waals surface area contributed by atoms with E-state index in [0.29, 0.717) is 6.42 Å². The summed E-state index contributed by atoms with van der Waals surface area (Å²) >= 11 is 0. The number of carbonyl (C=O) groups excluding carboxylic acids is 4. The highest BCUT2D eigenvalue weighted by molar-refractivity contribution is 5.78. The molecule has 0 aromatic carbocycles. The zero-order chi connectivity index (χ0) is 36.7. The summed E-state index contributed by atoms with van der Waals surface area (Å²) < 4.78 is 16.6. The van der Waals surface area contributed by atoms with Gasteiger partial charge in [-0.05, 0) is 88.0 Å². The van der Waals surface area contributed by atoms with Gasteiger partial charge < -0.3 is 19.5 Å². The summed E-state index contributed by atoms with van der Waals surface area (Å²) in [5.41, 5.74) is -2.92. The first kappa shape index (κ1) is 45.9. The molecule has 0 saturated carbocycles. The zero-order valence-electron chi connectivity index (χ0n) is 32.9. The normalized spacial score (nSPS) is 12.5. The molecule has 0 unspecified atom stereocenters. The minimum absolute atomic E-state index is 0.0408. The lowest BCUT2D eigenvalue weighted by atomic mass is 9.83. The van der Waals surface area contributed by atoms with E-state index in [1.807, 2.05) is 62.3 Å². The first-order valence-electron chi connectivity index (χ1n) is 19.2. The molecule has 0 spiro atoms. The zero-order valence-corrected chi connectivity index (χ0v) is 32.9. The van der Waals surface area contributed by atoms with Crippen molar-refractivity contribution in [1.82, 2.24) is 5.32 Å². The van der Waals surface area contributed by atoms with Crippen molar-refractivity contribution in [1.29, 1.82) is 0 Å². The third-order valence-corrected chi connectivity index (χ3v) is 8.10. The van der Waals surface area contributed by atoms with E-state index in [0.717, 1.165) is 19.3 Å². The molecule has 48 heavy (non-hydrogen) atoms. The molecule has 0 aliphatic carbocycles. The van der Waals surface area contributed by atoms with Gasteiger partial charge in [0.15, 0.2) is 0 Å². The highest BCUT2D eigenvalue weighted by Crippen LogP contribution is 2.29. The van der Waals surface area contributed by atoms with Gasteiger partial charge in [0, 0.05) is 31.2 Å². The molecule has 1 N–H and O–H groups in total. The van der Waals surface area contributed by atoms with Crippen LogP contribution in [0.25, 0.3) is 0 Å². The highest BCUT2D eigenvalue weighted by Gasteiger charge is 2.35. The Balaban J connectivity index is 5.15. The van der Waals surface area contributed by atoms with Crippen molar-refractivity contribution < 1.29 is 33.4 Å². The fraction of sp³-hybridized carbons (Fsp3) is 0.900. The number of hydrogen-bond donors (Lipinski definition) is 1. The number of rotatable bonds is 26. The molecule has 0 radical (unpaired) electrons. The van der Waals surface area contributed by atoms with Gasteiger partial charge >= 0.3 is 17.9 Å². The molecule has 0 heterocycles. The Kier molecular flexibility index (Phi) is 23.0. The van der Waals surface area contributed by atoms with Crippen LogP contribution in [0.1, 0.15) is 210 Å². The van der Waals surface area contributed by atoms with Crippen LogP contribution in [-0.2, 0) is 33.4 Å². The Bertz CT molecular complexity index is 829. The molecule has 1 amide bonds. The summed E-state index contributed by atoms with van der Waals surface area (Å²) in [4.78, 5) is 51.6. The van der Waals surface area contributed by atoms with Crippen LogP contribution in [0.5, 0.6) is 0 Å². The number of carbonyl (C=O) groups is 4. The lowest BCUT2D eigenvalue weighted by molar-refractivity contribution is -0.155. The number of hydrogen-bond acceptors (Lipinski definition) is 7.